The number of benzene rings is 1. The molecule has 0 spiro atoms. The molecule has 0 amide bonds. The molecule has 4 heteroatoms. The van der Waals surface area contributed by atoms with Crippen LogP contribution in [0.25, 0.3) is 0 Å². The first-order valence-corrected chi connectivity index (χ1v) is 7.03. The lowest BCUT2D eigenvalue weighted by atomic mass is 10.1. The molecule has 0 aliphatic carbocycles. The van der Waals surface area contributed by atoms with Crippen LogP contribution in [-0.4, -0.2) is 44.7 Å². The molecule has 1 fully saturated rings. The molecular formula is C15H24FN3. The highest BCUT2D eigenvalue weighted by Gasteiger charge is 2.23. The Balaban J connectivity index is 2.17. The Morgan fingerprint density at radius 2 is 2.11 bits per heavy atom. The van der Waals surface area contributed by atoms with Crippen LogP contribution in [0.4, 0.5) is 10.1 Å². The van der Waals surface area contributed by atoms with Crippen molar-refractivity contribution in [2.75, 3.05) is 38.6 Å². The zero-order chi connectivity index (χ0) is 13.8. The zero-order valence-electron chi connectivity index (χ0n) is 12.1. The SMILES string of the molecule is CCC1CN(c2cc(F)cc(CNC)c2)CCN1C. The summed E-state index contributed by atoms with van der Waals surface area (Å²) in [7, 11) is 4.05. The van der Waals surface area contributed by atoms with Gasteiger partial charge < -0.3 is 10.2 Å². The third-order valence-electron chi connectivity index (χ3n) is 3.94. The lowest BCUT2D eigenvalue weighted by molar-refractivity contribution is 0.213. The molecule has 0 aromatic heterocycles. The minimum Gasteiger partial charge on any atom is -0.369 e. The Hall–Kier alpha value is -1.13. The van der Waals surface area contributed by atoms with E-state index in [0.29, 0.717) is 12.6 Å². The number of nitrogens with one attached hydrogen (secondary N) is 1. The largest absolute Gasteiger partial charge is 0.369 e. The van der Waals surface area contributed by atoms with Crippen LogP contribution in [0.15, 0.2) is 18.2 Å². The van der Waals surface area contributed by atoms with E-state index in [4.69, 9.17) is 0 Å². The van der Waals surface area contributed by atoms with Gasteiger partial charge in [-0.1, -0.05) is 6.92 Å². The molecule has 106 valence electrons. The molecule has 3 nitrogen and oxygen atoms in total. The molecule has 1 saturated heterocycles. The normalized spacial score (nSPS) is 20.8. The molecule has 0 bridgehead atoms. The van der Waals surface area contributed by atoms with Crippen LogP contribution < -0.4 is 10.2 Å². The number of piperazine rings is 1. The van der Waals surface area contributed by atoms with Gasteiger partial charge in [0, 0.05) is 37.9 Å². The van der Waals surface area contributed by atoms with Gasteiger partial charge in [0.25, 0.3) is 0 Å². The van der Waals surface area contributed by atoms with E-state index in [1.807, 2.05) is 7.05 Å². The van der Waals surface area contributed by atoms with Gasteiger partial charge in [0.2, 0.25) is 0 Å². The van der Waals surface area contributed by atoms with Crippen LogP contribution in [0.3, 0.4) is 0 Å². The molecule has 0 saturated carbocycles. The number of halogens is 1. The highest BCUT2D eigenvalue weighted by molar-refractivity contribution is 5.49. The van der Waals surface area contributed by atoms with Crippen LogP contribution in [0.1, 0.15) is 18.9 Å². The summed E-state index contributed by atoms with van der Waals surface area (Å²) in [5.41, 5.74) is 2.02. The van der Waals surface area contributed by atoms with E-state index in [1.54, 1.807) is 12.1 Å². The Morgan fingerprint density at radius 1 is 1.32 bits per heavy atom. The zero-order valence-corrected chi connectivity index (χ0v) is 12.1. The number of hydrogen-bond acceptors (Lipinski definition) is 3. The summed E-state index contributed by atoms with van der Waals surface area (Å²) in [6.07, 6.45) is 1.13. The van der Waals surface area contributed by atoms with E-state index < -0.39 is 0 Å². The monoisotopic (exact) mass is 265 g/mol. The van der Waals surface area contributed by atoms with Crippen molar-refractivity contribution in [2.24, 2.45) is 0 Å². The van der Waals surface area contributed by atoms with Crippen LogP contribution >= 0.6 is 0 Å². The fourth-order valence-corrected chi connectivity index (χ4v) is 2.74. The fraction of sp³-hybridized carbons (Fsp3) is 0.600. The number of anilines is 1. The molecule has 1 aromatic rings. The van der Waals surface area contributed by atoms with Crippen molar-refractivity contribution in [3.8, 4) is 0 Å². The predicted octanol–water partition coefficient (Wildman–Crippen LogP) is 2.08. The topological polar surface area (TPSA) is 18.5 Å². The summed E-state index contributed by atoms with van der Waals surface area (Å²) < 4.78 is 13.7. The smallest absolute Gasteiger partial charge is 0.125 e. The molecule has 1 aliphatic heterocycles. The van der Waals surface area contributed by atoms with Gasteiger partial charge in [0.1, 0.15) is 5.82 Å². The minimum atomic E-state index is -0.144. The second-order valence-electron chi connectivity index (χ2n) is 5.34. The van der Waals surface area contributed by atoms with Crippen molar-refractivity contribution >= 4 is 5.69 Å². The molecule has 1 aliphatic rings. The highest BCUT2D eigenvalue weighted by Crippen LogP contribution is 2.22. The van der Waals surface area contributed by atoms with Crippen molar-refractivity contribution in [3.05, 3.63) is 29.6 Å². The Morgan fingerprint density at radius 3 is 2.79 bits per heavy atom. The number of nitrogens with zero attached hydrogens (tertiary/aromatic N) is 2. The predicted molar refractivity (Wildman–Crippen MR) is 78.1 cm³/mol. The molecule has 1 heterocycles. The second-order valence-corrected chi connectivity index (χ2v) is 5.34. The summed E-state index contributed by atoms with van der Waals surface area (Å²) in [6.45, 7) is 5.90. The van der Waals surface area contributed by atoms with E-state index >= 15 is 0 Å². The molecule has 2 rings (SSSR count). The maximum Gasteiger partial charge on any atom is 0.125 e. The van der Waals surface area contributed by atoms with Crippen LogP contribution in [0.5, 0.6) is 0 Å². The van der Waals surface area contributed by atoms with Gasteiger partial charge in [0.05, 0.1) is 0 Å². The van der Waals surface area contributed by atoms with Crippen molar-refractivity contribution in [1.82, 2.24) is 10.2 Å². The van der Waals surface area contributed by atoms with Gasteiger partial charge in [-0.2, -0.15) is 0 Å². The van der Waals surface area contributed by atoms with Gasteiger partial charge in [-0.25, -0.2) is 4.39 Å². The molecular weight excluding hydrogens is 241 g/mol. The van der Waals surface area contributed by atoms with Gasteiger partial charge in [-0.15, -0.1) is 0 Å². The molecule has 1 N–H and O–H groups in total. The average Bonchev–Trinajstić information content (AvgIpc) is 2.39. The van der Waals surface area contributed by atoms with Crippen molar-refractivity contribution in [2.45, 2.75) is 25.9 Å². The average molecular weight is 265 g/mol. The second kappa shape index (κ2) is 6.35. The van der Waals surface area contributed by atoms with Crippen LogP contribution in [-0.2, 0) is 6.54 Å². The molecule has 1 aromatic carbocycles. The Labute approximate surface area is 115 Å². The minimum absolute atomic E-state index is 0.144. The first-order valence-electron chi connectivity index (χ1n) is 7.03. The first kappa shape index (κ1) is 14.3. The highest BCUT2D eigenvalue weighted by atomic mass is 19.1. The Bertz CT molecular complexity index is 422. The van der Waals surface area contributed by atoms with Crippen molar-refractivity contribution in [3.63, 3.8) is 0 Å². The summed E-state index contributed by atoms with van der Waals surface area (Å²) >= 11 is 0. The lowest BCUT2D eigenvalue weighted by Gasteiger charge is -2.40. The quantitative estimate of drug-likeness (QED) is 0.899. The van der Waals surface area contributed by atoms with Gasteiger partial charge in [-0.05, 0) is 44.3 Å². The molecule has 0 radical (unpaired) electrons. The third kappa shape index (κ3) is 3.45. The van der Waals surface area contributed by atoms with Crippen molar-refractivity contribution < 1.29 is 4.39 Å². The van der Waals surface area contributed by atoms with E-state index in [9.17, 15) is 4.39 Å². The summed E-state index contributed by atoms with van der Waals surface area (Å²) in [5, 5.41) is 3.07. The summed E-state index contributed by atoms with van der Waals surface area (Å²) in [4.78, 5) is 4.70. The van der Waals surface area contributed by atoms with Crippen molar-refractivity contribution in [1.29, 1.82) is 0 Å². The number of rotatable bonds is 4. The third-order valence-corrected chi connectivity index (χ3v) is 3.94. The standard InChI is InChI=1S/C15H24FN3/c1-4-14-11-19(6-5-18(14)3)15-8-12(10-17-2)7-13(16)9-15/h7-9,14,17H,4-6,10-11H2,1-3H3. The fourth-order valence-electron chi connectivity index (χ4n) is 2.74. The van der Waals surface area contributed by atoms with E-state index in [2.05, 4.69) is 35.2 Å². The van der Waals surface area contributed by atoms with Crippen LogP contribution in [0.2, 0.25) is 0 Å². The van der Waals surface area contributed by atoms with E-state index in [1.165, 1.54) is 0 Å². The maximum atomic E-state index is 13.7. The Kier molecular flexibility index (Phi) is 4.77. The maximum absolute atomic E-state index is 13.7. The summed E-state index contributed by atoms with van der Waals surface area (Å²) in [6, 6.07) is 5.91. The van der Waals surface area contributed by atoms with E-state index in [-0.39, 0.29) is 5.82 Å². The summed E-state index contributed by atoms with van der Waals surface area (Å²) in [5.74, 6) is -0.144. The number of likely N-dealkylation sites (N-methyl/N-ethyl adjacent to an activating group) is 1. The van der Waals surface area contributed by atoms with Crippen LogP contribution in [0, 0.1) is 5.82 Å². The van der Waals surface area contributed by atoms with Gasteiger partial charge in [0.15, 0.2) is 0 Å². The first-order chi connectivity index (χ1) is 9.13. The van der Waals surface area contributed by atoms with E-state index in [0.717, 1.165) is 37.3 Å². The number of hydrogen-bond donors (Lipinski definition) is 1. The molecule has 19 heavy (non-hydrogen) atoms. The molecule has 1 unspecified atom stereocenters. The van der Waals surface area contributed by atoms with Gasteiger partial charge >= 0.3 is 0 Å². The molecule has 1 atom stereocenters. The lowest BCUT2D eigenvalue weighted by Crippen LogP contribution is -2.51. The van der Waals surface area contributed by atoms with Gasteiger partial charge in [-0.3, -0.25) is 4.90 Å².